The summed E-state index contributed by atoms with van der Waals surface area (Å²) in [4.78, 5) is 13.9. The van der Waals surface area contributed by atoms with Crippen LogP contribution in [-0.4, -0.2) is 49.3 Å². The van der Waals surface area contributed by atoms with Crippen LogP contribution in [0.3, 0.4) is 0 Å². The van der Waals surface area contributed by atoms with E-state index < -0.39 is 0 Å². The third-order valence-electron chi connectivity index (χ3n) is 3.53. The molecule has 0 saturated carbocycles. The Balaban J connectivity index is 2.02. The minimum atomic E-state index is -0.209. The first kappa shape index (κ1) is 14.7. The highest BCUT2D eigenvalue weighted by Gasteiger charge is 2.21. The number of benzene rings is 1. The zero-order chi connectivity index (χ0) is 14.5. The third kappa shape index (κ3) is 3.42. The molecule has 1 aliphatic heterocycles. The quantitative estimate of drug-likeness (QED) is 0.916. The van der Waals surface area contributed by atoms with Crippen LogP contribution < -0.4 is 4.74 Å². The fourth-order valence-electron chi connectivity index (χ4n) is 2.36. The van der Waals surface area contributed by atoms with Gasteiger partial charge in [0.15, 0.2) is 0 Å². The molecule has 0 bridgehead atoms. The molecular formula is C15H21NO4. The number of hydrogen-bond donors (Lipinski definition) is 1. The lowest BCUT2D eigenvalue weighted by molar-refractivity contribution is -0.000240. The van der Waals surface area contributed by atoms with Crippen molar-refractivity contribution in [3.63, 3.8) is 0 Å². The Morgan fingerprint density at radius 3 is 2.90 bits per heavy atom. The van der Waals surface area contributed by atoms with E-state index in [1.165, 1.54) is 13.2 Å². The van der Waals surface area contributed by atoms with Gasteiger partial charge in [-0.05, 0) is 31.4 Å². The van der Waals surface area contributed by atoms with Crippen LogP contribution in [0, 0.1) is 0 Å². The summed E-state index contributed by atoms with van der Waals surface area (Å²) in [6.45, 7) is 1.31. The van der Waals surface area contributed by atoms with Gasteiger partial charge in [0.25, 0.3) is 5.91 Å². The summed E-state index contributed by atoms with van der Waals surface area (Å²) < 4.78 is 10.6. The topological polar surface area (TPSA) is 59.0 Å². The number of rotatable bonds is 4. The van der Waals surface area contributed by atoms with Crippen LogP contribution in [0.5, 0.6) is 11.5 Å². The molecule has 110 valence electrons. The first-order valence-corrected chi connectivity index (χ1v) is 6.86. The molecule has 1 N–H and O–H groups in total. The van der Waals surface area contributed by atoms with E-state index in [0.29, 0.717) is 12.3 Å². The number of phenolic OH excluding ortho intramolecular Hbond substituents is 1. The van der Waals surface area contributed by atoms with Crippen LogP contribution in [0.15, 0.2) is 18.2 Å². The van der Waals surface area contributed by atoms with Gasteiger partial charge in [-0.2, -0.15) is 0 Å². The average molecular weight is 279 g/mol. The van der Waals surface area contributed by atoms with E-state index in [1.807, 2.05) is 0 Å². The Hall–Kier alpha value is -1.75. The molecule has 5 heteroatoms. The minimum absolute atomic E-state index is 0.0641. The molecule has 1 atom stereocenters. The number of hydrogen-bond acceptors (Lipinski definition) is 4. The van der Waals surface area contributed by atoms with Crippen LogP contribution in [0.1, 0.15) is 29.6 Å². The van der Waals surface area contributed by atoms with Crippen molar-refractivity contribution < 1.29 is 19.4 Å². The van der Waals surface area contributed by atoms with Gasteiger partial charge in [0.05, 0.1) is 18.8 Å². The van der Waals surface area contributed by atoms with Crippen molar-refractivity contribution in [2.45, 2.75) is 25.4 Å². The van der Waals surface area contributed by atoms with Crippen molar-refractivity contribution >= 4 is 5.91 Å². The maximum atomic E-state index is 12.3. The average Bonchev–Trinajstić information content (AvgIpc) is 2.47. The number of carbonyl (C=O) groups is 1. The van der Waals surface area contributed by atoms with Gasteiger partial charge >= 0.3 is 0 Å². The molecule has 1 aromatic carbocycles. The summed E-state index contributed by atoms with van der Waals surface area (Å²) in [5.41, 5.74) is 0.282. The van der Waals surface area contributed by atoms with Crippen molar-refractivity contribution in [2.75, 3.05) is 27.3 Å². The van der Waals surface area contributed by atoms with Crippen LogP contribution in [0.4, 0.5) is 0 Å². The van der Waals surface area contributed by atoms with Crippen LogP contribution in [0.2, 0.25) is 0 Å². The molecule has 1 heterocycles. The maximum Gasteiger partial charge on any atom is 0.257 e. The Labute approximate surface area is 119 Å². The number of aromatic hydroxyl groups is 1. The molecule has 0 spiro atoms. The smallest absolute Gasteiger partial charge is 0.257 e. The van der Waals surface area contributed by atoms with E-state index in [4.69, 9.17) is 9.47 Å². The first-order chi connectivity index (χ1) is 9.61. The molecule has 1 amide bonds. The van der Waals surface area contributed by atoms with E-state index in [-0.39, 0.29) is 23.3 Å². The molecule has 1 unspecified atom stereocenters. The van der Waals surface area contributed by atoms with Crippen molar-refractivity contribution in [3.05, 3.63) is 23.8 Å². The summed E-state index contributed by atoms with van der Waals surface area (Å²) in [5.74, 6) is 0.252. The second kappa shape index (κ2) is 6.61. The maximum absolute atomic E-state index is 12.3. The van der Waals surface area contributed by atoms with Crippen LogP contribution in [0.25, 0.3) is 0 Å². The van der Waals surface area contributed by atoms with E-state index >= 15 is 0 Å². The molecule has 1 fully saturated rings. The summed E-state index contributed by atoms with van der Waals surface area (Å²) in [6.07, 6.45) is 3.30. The second-order valence-electron chi connectivity index (χ2n) is 5.06. The number of methoxy groups -OCH3 is 1. The van der Waals surface area contributed by atoms with E-state index in [1.54, 1.807) is 24.1 Å². The lowest BCUT2D eigenvalue weighted by atomic mass is 10.1. The Morgan fingerprint density at radius 2 is 2.30 bits per heavy atom. The third-order valence-corrected chi connectivity index (χ3v) is 3.53. The van der Waals surface area contributed by atoms with Gasteiger partial charge in [-0.25, -0.2) is 0 Å². The number of likely N-dealkylation sites (N-methyl/N-ethyl adjacent to an activating group) is 1. The first-order valence-electron chi connectivity index (χ1n) is 6.86. The zero-order valence-electron chi connectivity index (χ0n) is 12.0. The Bertz CT molecular complexity index is 469. The molecule has 1 aromatic rings. The van der Waals surface area contributed by atoms with Crippen LogP contribution >= 0.6 is 0 Å². The highest BCUT2D eigenvalue weighted by molar-refractivity contribution is 5.96. The SMILES string of the molecule is COc1ccc(C(=O)N(C)CC2CCCCO2)c(O)c1. The predicted molar refractivity (Wildman–Crippen MR) is 75.2 cm³/mol. The highest BCUT2D eigenvalue weighted by Crippen LogP contribution is 2.24. The van der Waals surface area contributed by atoms with Crippen molar-refractivity contribution in [1.29, 1.82) is 0 Å². The summed E-state index contributed by atoms with van der Waals surface area (Å²) in [7, 11) is 3.24. The van der Waals surface area contributed by atoms with E-state index in [9.17, 15) is 9.90 Å². The molecule has 1 aliphatic rings. The summed E-state index contributed by atoms with van der Waals surface area (Å²) >= 11 is 0. The fourth-order valence-corrected chi connectivity index (χ4v) is 2.36. The van der Waals surface area contributed by atoms with Gasteiger partial charge in [0.1, 0.15) is 11.5 Å². The molecule has 0 radical (unpaired) electrons. The fraction of sp³-hybridized carbons (Fsp3) is 0.533. The Morgan fingerprint density at radius 1 is 1.50 bits per heavy atom. The molecule has 2 rings (SSSR count). The monoisotopic (exact) mass is 279 g/mol. The number of nitrogens with zero attached hydrogens (tertiary/aromatic N) is 1. The molecule has 0 aromatic heterocycles. The van der Waals surface area contributed by atoms with Gasteiger partial charge in [0, 0.05) is 26.3 Å². The second-order valence-corrected chi connectivity index (χ2v) is 5.06. The van der Waals surface area contributed by atoms with Gasteiger partial charge in [0.2, 0.25) is 0 Å². The molecule has 1 saturated heterocycles. The van der Waals surface area contributed by atoms with Crippen molar-refractivity contribution in [2.24, 2.45) is 0 Å². The van der Waals surface area contributed by atoms with Gasteiger partial charge in [-0.1, -0.05) is 0 Å². The van der Waals surface area contributed by atoms with Gasteiger partial charge in [-0.3, -0.25) is 4.79 Å². The molecule has 5 nitrogen and oxygen atoms in total. The lowest BCUT2D eigenvalue weighted by Crippen LogP contribution is -2.37. The Kier molecular flexibility index (Phi) is 4.84. The van der Waals surface area contributed by atoms with E-state index in [0.717, 1.165) is 25.9 Å². The number of ether oxygens (including phenoxy) is 2. The van der Waals surface area contributed by atoms with E-state index in [2.05, 4.69) is 0 Å². The number of amides is 1. The summed E-state index contributed by atoms with van der Waals surface area (Å²) in [6, 6.07) is 4.69. The van der Waals surface area contributed by atoms with Crippen molar-refractivity contribution in [3.8, 4) is 11.5 Å². The molecular weight excluding hydrogens is 258 g/mol. The standard InChI is InChI=1S/C15H21NO4/c1-16(10-12-5-3-4-8-20-12)15(18)13-7-6-11(19-2)9-14(13)17/h6-7,9,12,17H,3-5,8,10H2,1-2H3. The summed E-state index contributed by atoms with van der Waals surface area (Å²) in [5, 5.41) is 9.89. The van der Waals surface area contributed by atoms with Crippen LogP contribution in [-0.2, 0) is 4.74 Å². The largest absolute Gasteiger partial charge is 0.507 e. The lowest BCUT2D eigenvalue weighted by Gasteiger charge is -2.27. The predicted octanol–water partition coefficient (Wildman–Crippen LogP) is 2.04. The van der Waals surface area contributed by atoms with Gasteiger partial charge in [-0.15, -0.1) is 0 Å². The number of carbonyl (C=O) groups excluding carboxylic acids is 1. The van der Waals surface area contributed by atoms with Crippen molar-refractivity contribution in [1.82, 2.24) is 4.90 Å². The highest BCUT2D eigenvalue weighted by atomic mass is 16.5. The zero-order valence-corrected chi connectivity index (χ0v) is 12.0. The number of phenols is 1. The van der Waals surface area contributed by atoms with Gasteiger partial charge < -0.3 is 19.5 Å². The minimum Gasteiger partial charge on any atom is -0.507 e. The normalized spacial score (nSPS) is 18.6. The molecule has 20 heavy (non-hydrogen) atoms. The molecule has 0 aliphatic carbocycles.